The zero-order chi connectivity index (χ0) is 13.2. The van der Waals surface area contributed by atoms with E-state index in [9.17, 15) is 9.50 Å². The molecule has 1 N–H and O–H groups in total. The largest absolute Gasteiger partial charge is 0.390 e. The summed E-state index contributed by atoms with van der Waals surface area (Å²) < 4.78 is 13.4. The second-order valence-corrected chi connectivity index (χ2v) is 6.09. The van der Waals surface area contributed by atoms with Gasteiger partial charge in [-0.1, -0.05) is 37.4 Å². The number of benzene rings is 1. The summed E-state index contributed by atoms with van der Waals surface area (Å²) in [5.74, 6) is 0.278. The SMILES string of the molecule is CC1CCCC(O)(Cc2ccc(Cl)c(F)c2)CC1. The fraction of sp³-hybridized carbons (Fsp3) is 0.600. The smallest absolute Gasteiger partial charge is 0.142 e. The maximum Gasteiger partial charge on any atom is 0.142 e. The Morgan fingerprint density at radius 1 is 1.39 bits per heavy atom. The van der Waals surface area contributed by atoms with Gasteiger partial charge in [-0.3, -0.25) is 0 Å². The van der Waals surface area contributed by atoms with E-state index in [0.717, 1.165) is 31.2 Å². The van der Waals surface area contributed by atoms with Crippen LogP contribution in [0.3, 0.4) is 0 Å². The molecule has 0 aliphatic heterocycles. The second-order valence-electron chi connectivity index (χ2n) is 5.69. The lowest BCUT2D eigenvalue weighted by Crippen LogP contribution is -2.30. The molecule has 3 heteroatoms. The quantitative estimate of drug-likeness (QED) is 0.792. The summed E-state index contributed by atoms with van der Waals surface area (Å²) in [6.45, 7) is 2.23. The Kier molecular flexibility index (Phi) is 4.29. The van der Waals surface area contributed by atoms with E-state index in [2.05, 4.69) is 6.92 Å². The van der Waals surface area contributed by atoms with Crippen molar-refractivity contribution in [2.45, 2.75) is 51.0 Å². The van der Waals surface area contributed by atoms with Crippen LogP contribution >= 0.6 is 11.6 Å². The Bertz CT molecular complexity index is 421. The Balaban J connectivity index is 2.09. The van der Waals surface area contributed by atoms with Gasteiger partial charge < -0.3 is 5.11 Å². The van der Waals surface area contributed by atoms with E-state index in [1.54, 1.807) is 12.1 Å². The van der Waals surface area contributed by atoms with Crippen molar-refractivity contribution >= 4 is 11.6 Å². The first-order chi connectivity index (χ1) is 8.48. The molecule has 1 nitrogen and oxygen atoms in total. The minimum absolute atomic E-state index is 0.139. The summed E-state index contributed by atoms with van der Waals surface area (Å²) in [7, 11) is 0. The van der Waals surface area contributed by atoms with Crippen LogP contribution in [0.15, 0.2) is 18.2 Å². The van der Waals surface area contributed by atoms with Crippen LogP contribution in [-0.2, 0) is 6.42 Å². The summed E-state index contributed by atoms with van der Waals surface area (Å²) in [6.07, 6.45) is 5.41. The highest BCUT2D eigenvalue weighted by Gasteiger charge is 2.30. The van der Waals surface area contributed by atoms with Crippen LogP contribution in [0, 0.1) is 11.7 Å². The number of rotatable bonds is 2. The molecule has 1 aliphatic carbocycles. The fourth-order valence-corrected chi connectivity index (χ4v) is 2.89. The first-order valence-electron chi connectivity index (χ1n) is 6.65. The van der Waals surface area contributed by atoms with Crippen LogP contribution in [0.25, 0.3) is 0 Å². The van der Waals surface area contributed by atoms with Crippen molar-refractivity contribution in [2.24, 2.45) is 5.92 Å². The average Bonchev–Trinajstić information content (AvgIpc) is 2.47. The molecular formula is C15H20ClFO. The molecule has 0 spiro atoms. The first kappa shape index (κ1) is 13.8. The molecule has 0 radical (unpaired) electrons. The van der Waals surface area contributed by atoms with Crippen LogP contribution in [0.5, 0.6) is 0 Å². The molecule has 1 fully saturated rings. The summed E-state index contributed by atoms with van der Waals surface area (Å²) in [4.78, 5) is 0. The van der Waals surface area contributed by atoms with E-state index in [-0.39, 0.29) is 5.02 Å². The van der Waals surface area contributed by atoms with Gasteiger partial charge in [-0.2, -0.15) is 0 Å². The summed E-state index contributed by atoms with van der Waals surface area (Å²) >= 11 is 5.67. The number of hydrogen-bond donors (Lipinski definition) is 1. The van der Waals surface area contributed by atoms with Crippen LogP contribution in [0.1, 0.15) is 44.6 Å². The van der Waals surface area contributed by atoms with E-state index in [4.69, 9.17) is 11.6 Å². The third-order valence-electron chi connectivity index (χ3n) is 3.96. The summed E-state index contributed by atoms with van der Waals surface area (Å²) in [5.41, 5.74) is 0.152. The van der Waals surface area contributed by atoms with Crippen LogP contribution in [-0.4, -0.2) is 10.7 Å². The molecule has 1 aromatic carbocycles. The fourth-order valence-electron chi connectivity index (χ4n) is 2.77. The molecule has 0 heterocycles. The van der Waals surface area contributed by atoms with Crippen molar-refractivity contribution in [1.29, 1.82) is 0 Å². The monoisotopic (exact) mass is 270 g/mol. The van der Waals surface area contributed by atoms with Crippen LogP contribution < -0.4 is 0 Å². The lowest BCUT2D eigenvalue weighted by Gasteiger charge is -2.27. The van der Waals surface area contributed by atoms with Crippen molar-refractivity contribution in [3.8, 4) is 0 Å². The highest BCUT2D eigenvalue weighted by Crippen LogP contribution is 2.33. The van der Waals surface area contributed by atoms with Crippen LogP contribution in [0.2, 0.25) is 5.02 Å². The van der Waals surface area contributed by atoms with E-state index in [1.807, 2.05) is 0 Å². The third kappa shape index (κ3) is 3.46. The number of hydrogen-bond acceptors (Lipinski definition) is 1. The van der Waals surface area contributed by atoms with Gasteiger partial charge >= 0.3 is 0 Å². The molecule has 0 amide bonds. The molecule has 1 saturated carbocycles. The van der Waals surface area contributed by atoms with E-state index in [0.29, 0.717) is 12.3 Å². The number of aliphatic hydroxyl groups is 1. The van der Waals surface area contributed by atoms with Gasteiger partial charge in [0.2, 0.25) is 0 Å². The Morgan fingerprint density at radius 2 is 2.17 bits per heavy atom. The molecule has 0 aromatic heterocycles. The standard InChI is InChI=1S/C15H20ClFO/c1-11-3-2-7-15(18,8-6-11)10-12-4-5-13(16)14(17)9-12/h4-5,9,11,18H,2-3,6-8,10H2,1H3. The molecule has 2 unspecified atom stereocenters. The Morgan fingerprint density at radius 3 is 2.89 bits per heavy atom. The lowest BCUT2D eigenvalue weighted by atomic mass is 9.87. The van der Waals surface area contributed by atoms with Gasteiger partial charge in [-0.05, 0) is 42.9 Å². The highest BCUT2D eigenvalue weighted by atomic mass is 35.5. The summed E-state index contributed by atoms with van der Waals surface area (Å²) in [6, 6.07) is 4.81. The number of halogens is 2. The predicted molar refractivity (Wildman–Crippen MR) is 72.3 cm³/mol. The van der Waals surface area contributed by atoms with Gasteiger partial charge in [0, 0.05) is 6.42 Å². The molecule has 100 valence electrons. The van der Waals surface area contributed by atoms with Crippen molar-refractivity contribution in [1.82, 2.24) is 0 Å². The summed E-state index contributed by atoms with van der Waals surface area (Å²) in [5, 5.41) is 10.8. The minimum Gasteiger partial charge on any atom is -0.390 e. The van der Waals surface area contributed by atoms with Crippen molar-refractivity contribution < 1.29 is 9.50 Å². The van der Waals surface area contributed by atoms with Gasteiger partial charge in [0.1, 0.15) is 5.82 Å². The molecule has 2 rings (SSSR count). The molecule has 2 atom stereocenters. The zero-order valence-corrected chi connectivity index (χ0v) is 11.5. The maximum atomic E-state index is 13.4. The molecule has 18 heavy (non-hydrogen) atoms. The molecular weight excluding hydrogens is 251 g/mol. The van der Waals surface area contributed by atoms with Crippen molar-refractivity contribution in [3.05, 3.63) is 34.6 Å². The zero-order valence-electron chi connectivity index (χ0n) is 10.8. The lowest BCUT2D eigenvalue weighted by molar-refractivity contribution is 0.0243. The molecule has 1 aromatic rings. The maximum absolute atomic E-state index is 13.4. The van der Waals surface area contributed by atoms with E-state index < -0.39 is 11.4 Å². The van der Waals surface area contributed by atoms with Gasteiger partial charge in [0.05, 0.1) is 10.6 Å². The third-order valence-corrected chi connectivity index (χ3v) is 4.27. The van der Waals surface area contributed by atoms with Gasteiger partial charge in [0.15, 0.2) is 0 Å². The van der Waals surface area contributed by atoms with Gasteiger partial charge in [0.25, 0.3) is 0 Å². The topological polar surface area (TPSA) is 20.2 Å². The van der Waals surface area contributed by atoms with E-state index in [1.165, 1.54) is 12.5 Å². The molecule has 0 bridgehead atoms. The highest BCUT2D eigenvalue weighted by molar-refractivity contribution is 6.30. The minimum atomic E-state index is -0.676. The van der Waals surface area contributed by atoms with Gasteiger partial charge in [-0.15, -0.1) is 0 Å². The van der Waals surface area contributed by atoms with E-state index >= 15 is 0 Å². The first-order valence-corrected chi connectivity index (χ1v) is 7.03. The van der Waals surface area contributed by atoms with Gasteiger partial charge in [-0.25, -0.2) is 4.39 Å². The van der Waals surface area contributed by atoms with Crippen LogP contribution in [0.4, 0.5) is 4.39 Å². The van der Waals surface area contributed by atoms with Crippen molar-refractivity contribution in [3.63, 3.8) is 0 Å². The average molecular weight is 271 g/mol. The van der Waals surface area contributed by atoms with Crippen molar-refractivity contribution in [2.75, 3.05) is 0 Å². The Labute approximate surface area is 113 Å². The Hall–Kier alpha value is -0.600. The molecule has 1 aliphatic rings. The second kappa shape index (κ2) is 5.58. The normalized spacial score (nSPS) is 29.0. The molecule has 0 saturated heterocycles. The predicted octanol–water partition coefficient (Wildman–Crippen LogP) is 4.35.